The lowest BCUT2D eigenvalue weighted by Gasteiger charge is -2.34. The summed E-state index contributed by atoms with van der Waals surface area (Å²) in [6.07, 6.45) is 0. The van der Waals surface area contributed by atoms with Crippen molar-refractivity contribution in [3.8, 4) is 22.9 Å². The topological polar surface area (TPSA) is 79.5 Å². The maximum atomic E-state index is 6.71. The van der Waals surface area contributed by atoms with E-state index in [1.54, 1.807) is 0 Å². The molecule has 39 heavy (non-hydrogen) atoms. The Balaban J connectivity index is 1.45. The second-order valence-corrected chi connectivity index (χ2v) is 11.2. The van der Waals surface area contributed by atoms with Crippen molar-refractivity contribution < 1.29 is 4.74 Å². The zero-order valence-corrected chi connectivity index (χ0v) is 24.0. The molecule has 1 fully saturated rings. The minimum Gasteiger partial charge on any atom is -0.437 e. The molecular formula is C30H33ClN6OS. The maximum absolute atomic E-state index is 6.71. The van der Waals surface area contributed by atoms with Crippen LogP contribution in [-0.4, -0.2) is 48.1 Å². The predicted molar refractivity (Wildman–Crippen MR) is 163 cm³/mol. The van der Waals surface area contributed by atoms with E-state index in [1.807, 2.05) is 54.6 Å². The number of halogens is 1. The molecule has 0 unspecified atom stereocenters. The monoisotopic (exact) mass is 560 g/mol. The van der Waals surface area contributed by atoms with Crippen LogP contribution in [0.4, 0.5) is 17.3 Å². The maximum Gasteiger partial charge on any atom is 0.237 e. The van der Waals surface area contributed by atoms with E-state index in [0.29, 0.717) is 34.2 Å². The molecule has 0 bridgehead atoms. The Hall–Kier alpha value is -3.46. The number of anilines is 3. The highest BCUT2D eigenvalue weighted by molar-refractivity contribution is 8.00. The molecule has 7 nitrogen and oxygen atoms in total. The molecule has 202 valence electrons. The lowest BCUT2D eigenvalue weighted by atomic mass is 9.95. The molecule has 1 aliphatic rings. The van der Waals surface area contributed by atoms with Crippen LogP contribution in [0.3, 0.4) is 0 Å². The molecule has 9 heteroatoms. The third-order valence-corrected chi connectivity index (χ3v) is 7.75. The third-order valence-electron chi connectivity index (χ3n) is 6.68. The summed E-state index contributed by atoms with van der Waals surface area (Å²) in [5.74, 6) is 1.71. The molecule has 0 amide bonds. The van der Waals surface area contributed by atoms with Crippen LogP contribution in [-0.2, 0) is 0 Å². The van der Waals surface area contributed by atoms with Gasteiger partial charge in [0.1, 0.15) is 5.75 Å². The number of hydrogen-bond donors (Lipinski definition) is 2. The Labute approximate surface area is 239 Å². The van der Waals surface area contributed by atoms with Gasteiger partial charge in [0.25, 0.3) is 0 Å². The summed E-state index contributed by atoms with van der Waals surface area (Å²) in [6.45, 7) is 8.35. The Morgan fingerprint density at radius 2 is 1.74 bits per heavy atom. The van der Waals surface area contributed by atoms with Gasteiger partial charge in [-0.1, -0.05) is 55.8 Å². The molecule has 3 N–H and O–H groups in total. The number of likely N-dealkylation sites (N-methyl/N-ethyl adjacent to an activating group) is 1. The van der Waals surface area contributed by atoms with Gasteiger partial charge in [-0.05, 0) is 66.9 Å². The number of nitrogens with one attached hydrogen (secondary N) is 1. The van der Waals surface area contributed by atoms with E-state index < -0.39 is 0 Å². The Kier molecular flexibility index (Phi) is 8.45. The number of benzene rings is 3. The van der Waals surface area contributed by atoms with Gasteiger partial charge in [-0.25, -0.2) is 4.98 Å². The van der Waals surface area contributed by atoms with Crippen molar-refractivity contribution in [3.05, 3.63) is 83.4 Å². The van der Waals surface area contributed by atoms with Gasteiger partial charge in [0.15, 0.2) is 0 Å². The van der Waals surface area contributed by atoms with Crippen molar-refractivity contribution in [3.63, 3.8) is 0 Å². The molecule has 4 aromatic rings. The molecular weight excluding hydrogens is 528 g/mol. The van der Waals surface area contributed by atoms with Crippen LogP contribution < -0.4 is 20.1 Å². The number of nitrogens with two attached hydrogens (primary N) is 1. The first-order chi connectivity index (χ1) is 18.9. The SMILES string of the molecule is CC(C)c1ccccc1-c1cc(Oc2ccc(N3CCN(C)CC3)cc2Cl)nc(NSc2cccc(N)c2)n1. The molecule has 0 saturated carbocycles. The van der Waals surface area contributed by atoms with Crippen LogP contribution in [0.5, 0.6) is 11.6 Å². The number of ether oxygens (including phenoxy) is 1. The first-order valence-corrected chi connectivity index (χ1v) is 14.2. The highest BCUT2D eigenvalue weighted by atomic mass is 35.5. The van der Waals surface area contributed by atoms with Crippen LogP contribution in [0.25, 0.3) is 11.3 Å². The van der Waals surface area contributed by atoms with E-state index in [-0.39, 0.29) is 0 Å². The van der Waals surface area contributed by atoms with Crippen LogP contribution in [0.15, 0.2) is 77.7 Å². The highest BCUT2D eigenvalue weighted by Crippen LogP contribution is 2.36. The van der Waals surface area contributed by atoms with Crippen molar-refractivity contribution in [2.24, 2.45) is 0 Å². The molecule has 1 aromatic heterocycles. The fraction of sp³-hybridized carbons (Fsp3) is 0.267. The number of piperazine rings is 1. The normalized spacial score (nSPS) is 14.0. The first kappa shape index (κ1) is 27.1. The average molecular weight is 561 g/mol. The standard InChI is InChI=1S/C30H33ClN6OS/c1-20(2)24-9-4-5-10-25(24)27-19-29(34-30(33-27)35-39-23-8-6-7-21(32)17-23)38-28-12-11-22(18-26(28)31)37-15-13-36(3)14-16-37/h4-12,17-20H,13-16,32H2,1-3H3,(H,33,34,35). The van der Waals surface area contributed by atoms with Gasteiger partial charge in [-0.15, -0.1) is 0 Å². The molecule has 3 aromatic carbocycles. The Morgan fingerprint density at radius 3 is 2.49 bits per heavy atom. The molecule has 5 rings (SSSR count). The number of nitrogens with zero attached hydrogens (tertiary/aromatic N) is 4. The molecule has 0 aliphatic carbocycles. The van der Waals surface area contributed by atoms with Gasteiger partial charge in [0.2, 0.25) is 11.8 Å². The summed E-state index contributed by atoms with van der Waals surface area (Å²) in [4.78, 5) is 15.1. The smallest absolute Gasteiger partial charge is 0.237 e. The van der Waals surface area contributed by atoms with E-state index in [2.05, 4.69) is 58.6 Å². The van der Waals surface area contributed by atoms with E-state index in [9.17, 15) is 0 Å². The zero-order valence-electron chi connectivity index (χ0n) is 22.4. The third kappa shape index (κ3) is 6.76. The van der Waals surface area contributed by atoms with Crippen molar-refractivity contribution in [2.75, 3.05) is 48.6 Å². The minimum absolute atomic E-state index is 0.329. The number of rotatable bonds is 8. The van der Waals surface area contributed by atoms with Gasteiger partial charge >= 0.3 is 0 Å². The summed E-state index contributed by atoms with van der Waals surface area (Å²) >= 11 is 8.10. The first-order valence-electron chi connectivity index (χ1n) is 13.0. The molecule has 1 aliphatic heterocycles. The quantitative estimate of drug-likeness (QED) is 0.173. The number of nitrogen functional groups attached to an aromatic ring is 1. The van der Waals surface area contributed by atoms with E-state index >= 15 is 0 Å². The average Bonchev–Trinajstić information content (AvgIpc) is 2.93. The second kappa shape index (κ2) is 12.2. The minimum atomic E-state index is 0.329. The van der Waals surface area contributed by atoms with Crippen LogP contribution >= 0.6 is 23.5 Å². The Morgan fingerprint density at radius 1 is 0.949 bits per heavy atom. The van der Waals surface area contributed by atoms with Crippen LogP contribution in [0.1, 0.15) is 25.3 Å². The summed E-state index contributed by atoms with van der Waals surface area (Å²) in [5, 5.41) is 0.540. The second-order valence-electron chi connectivity index (χ2n) is 9.94. The largest absolute Gasteiger partial charge is 0.437 e. The number of hydrogen-bond acceptors (Lipinski definition) is 8. The molecule has 0 spiro atoms. The van der Waals surface area contributed by atoms with E-state index in [1.165, 1.54) is 17.5 Å². The molecule has 0 radical (unpaired) electrons. The van der Waals surface area contributed by atoms with Crippen molar-refractivity contribution in [1.82, 2.24) is 14.9 Å². The zero-order chi connectivity index (χ0) is 27.4. The predicted octanol–water partition coefficient (Wildman–Crippen LogP) is 7.17. The fourth-order valence-corrected chi connectivity index (χ4v) is 5.38. The van der Waals surface area contributed by atoms with Crippen LogP contribution in [0, 0.1) is 0 Å². The fourth-order valence-electron chi connectivity index (χ4n) is 4.52. The Bertz CT molecular complexity index is 1440. The molecule has 0 atom stereocenters. The number of aromatic nitrogens is 2. The van der Waals surface area contributed by atoms with Gasteiger partial charge in [0, 0.05) is 54.1 Å². The molecule has 2 heterocycles. The van der Waals surface area contributed by atoms with Crippen molar-refractivity contribution in [2.45, 2.75) is 24.7 Å². The van der Waals surface area contributed by atoms with Gasteiger partial charge in [0.05, 0.1) is 10.7 Å². The van der Waals surface area contributed by atoms with Crippen molar-refractivity contribution in [1.29, 1.82) is 0 Å². The van der Waals surface area contributed by atoms with E-state index in [0.717, 1.165) is 48.0 Å². The summed E-state index contributed by atoms with van der Waals surface area (Å²) in [5.41, 5.74) is 10.7. The van der Waals surface area contributed by atoms with Gasteiger partial charge in [-0.3, -0.25) is 4.72 Å². The van der Waals surface area contributed by atoms with Gasteiger partial charge in [-0.2, -0.15) is 4.98 Å². The van der Waals surface area contributed by atoms with Gasteiger partial charge < -0.3 is 20.3 Å². The summed E-state index contributed by atoms with van der Waals surface area (Å²) < 4.78 is 9.52. The lowest BCUT2D eigenvalue weighted by molar-refractivity contribution is 0.313. The van der Waals surface area contributed by atoms with Crippen LogP contribution in [0.2, 0.25) is 5.02 Å². The molecule has 1 saturated heterocycles. The summed E-state index contributed by atoms with van der Waals surface area (Å²) in [7, 11) is 2.15. The lowest BCUT2D eigenvalue weighted by Crippen LogP contribution is -2.44. The van der Waals surface area contributed by atoms with Crippen molar-refractivity contribution >= 4 is 40.9 Å². The highest BCUT2D eigenvalue weighted by Gasteiger charge is 2.17. The van der Waals surface area contributed by atoms with E-state index in [4.69, 9.17) is 27.1 Å². The summed E-state index contributed by atoms with van der Waals surface area (Å²) in [6, 6.07) is 23.7.